The lowest BCUT2D eigenvalue weighted by molar-refractivity contribution is -0.114. The predicted octanol–water partition coefficient (Wildman–Crippen LogP) is 3.66. The summed E-state index contributed by atoms with van der Waals surface area (Å²) in [6.45, 7) is -0.380. The van der Waals surface area contributed by atoms with Crippen molar-refractivity contribution in [3.63, 3.8) is 0 Å². The Bertz CT molecular complexity index is 1320. The highest BCUT2D eigenvalue weighted by molar-refractivity contribution is 7.93. The molecular weight excluding hydrogens is 426 g/mol. The van der Waals surface area contributed by atoms with Crippen molar-refractivity contribution >= 4 is 44.0 Å². The molecule has 1 aliphatic heterocycles. The highest BCUT2D eigenvalue weighted by atomic mass is 32.2. The van der Waals surface area contributed by atoms with Gasteiger partial charge in [0, 0.05) is 11.4 Å². The highest BCUT2D eigenvalue weighted by Crippen LogP contribution is 2.41. The molecule has 1 saturated carbocycles. The third-order valence-corrected chi connectivity index (χ3v) is 7.91. The first-order valence-electron chi connectivity index (χ1n) is 10.7. The number of anilines is 2. The Kier molecular flexibility index (Phi) is 5.09. The summed E-state index contributed by atoms with van der Waals surface area (Å²) in [5, 5.41) is 7.19. The topological polar surface area (TPSA) is 95.6 Å². The van der Waals surface area contributed by atoms with Crippen LogP contribution in [0.1, 0.15) is 36.0 Å². The number of nitrogens with zero attached hydrogens (tertiary/aromatic N) is 1. The minimum absolute atomic E-state index is 0.153. The van der Waals surface area contributed by atoms with Crippen LogP contribution in [-0.4, -0.2) is 32.8 Å². The second kappa shape index (κ2) is 7.94. The molecular formula is C24H23N3O4S. The third kappa shape index (κ3) is 3.50. The lowest BCUT2D eigenvalue weighted by atomic mass is 10.1. The molecule has 8 heteroatoms. The van der Waals surface area contributed by atoms with E-state index in [0.717, 1.165) is 35.4 Å². The molecule has 3 aromatic carbocycles. The fourth-order valence-corrected chi connectivity index (χ4v) is 6.24. The van der Waals surface area contributed by atoms with Gasteiger partial charge in [-0.3, -0.25) is 13.9 Å². The van der Waals surface area contributed by atoms with Gasteiger partial charge in [-0.25, -0.2) is 8.42 Å². The number of nitrogens with one attached hydrogen (secondary N) is 2. The first-order chi connectivity index (χ1) is 15.4. The average molecular weight is 450 g/mol. The minimum Gasteiger partial charge on any atom is -0.349 e. The summed E-state index contributed by atoms with van der Waals surface area (Å²) in [7, 11) is -3.83. The van der Waals surface area contributed by atoms with Gasteiger partial charge < -0.3 is 10.6 Å². The molecule has 1 aliphatic carbocycles. The average Bonchev–Trinajstić information content (AvgIpc) is 3.36. The van der Waals surface area contributed by atoms with Crippen molar-refractivity contribution < 1.29 is 18.0 Å². The Morgan fingerprint density at radius 1 is 0.938 bits per heavy atom. The van der Waals surface area contributed by atoms with Crippen LogP contribution < -0.4 is 14.9 Å². The maximum Gasteiger partial charge on any atom is 0.265 e. The lowest BCUT2D eigenvalue weighted by Gasteiger charge is -2.19. The van der Waals surface area contributed by atoms with E-state index in [9.17, 15) is 18.0 Å². The van der Waals surface area contributed by atoms with Gasteiger partial charge in [-0.15, -0.1) is 0 Å². The SMILES string of the molecule is O=C(CN1c2cccc3cccc(c23)S1(=O)=O)Nc1ccccc1C(=O)NC1CCCC1. The second-order valence-electron chi connectivity index (χ2n) is 8.19. The number of para-hydroxylation sites is 1. The molecule has 5 rings (SSSR count). The zero-order valence-corrected chi connectivity index (χ0v) is 18.2. The van der Waals surface area contributed by atoms with Crippen LogP contribution in [0.4, 0.5) is 11.4 Å². The number of benzene rings is 3. The van der Waals surface area contributed by atoms with E-state index in [1.165, 1.54) is 0 Å². The summed E-state index contributed by atoms with van der Waals surface area (Å²) in [6.07, 6.45) is 4.12. The summed E-state index contributed by atoms with van der Waals surface area (Å²) in [5.74, 6) is -0.752. The van der Waals surface area contributed by atoms with Crippen LogP contribution in [0.25, 0.3) is 10.8 Å². The van der Waals surface area contributed by atoms with Gasteiger partial charge in [-0.2, -0.15) is 0 Å². The van der Waals surface area contributed by atoms with Crippen LogP contribution in [0.5, 0.6) is 0 Å². The molecule has 0 radical (unpaired) electrons. The van der Waals surface area contributed by atoms with Gasteiger partial charge in [0.1, 0.15) is 6.54 Å². The quantitative estimate of drug-likeness (QED) is 0.621. The molecule has 0 bridgehead atoms. The van der Waals surface area contributed by atoms with E-state index < -0.39 is 15.9 Å². The minimum atomic E-state index is -3.83. The van der Waals surface area contributed by atoms with Crippen LogP contribution in [0.3, 0.4) is 0 Å². The number of rotatable bonds is 5. The maximum absolute atomic E-state index is 13.1. The van der Waals surface area contributed by atoms with Crippen molar-refractivity contribution in [3.05, 3.63) is 66.2 Å². The number of sulfonamides is 1. The lowest BCUT2D eigenvalue weighted by Crippen LogP contribution is -2.36. The van der Waals surface area contributed by atoms with Crippen molar-refractivity contribution in [3.8, 4) is 0 Å². The van der Waals surface area contributed by atoms with E-state index in [1.54, 1.807) is 48.5 Å². The predicted molar refractivity (Wildman–Crippen MR) is 123 cm³/mol. The summed E-state index contributed by atoms with van der Waals surface area (Å²) >= 11 is 0. The highest BCUT2D eigenvalue weighted by Gasteiger charge is 2.36. The standard InChI is InChI=1S/C24H23N3O4S/c28-22(26-19-12-4-3-11-18(19)24(29)25-17-9-1-2-10-17)15-27-20-13-5-7-16-8-6-14-21(23(16)20)32(27,30)31/h3-8,11-14,17H,1-2,9-10,15H2,(H,25,29)(H,26,28). The van der Waals surface area contributed by atoms with Crippen molar-refractivity contribution in [1.82, 2.24) is 5.32 Å². The van der Waals surface area contributed by atoms with Crippen LogP contribution in [0, 0.1) is 0 Å². The normalized spacial score (nSPS) is 16.9. The molecule has 1 fully saturated rings. The zero-order valence-electron chi connectivity index (χ0n) is 17.4. The maximum atomic E-state index is 13.1. The van der Waals surface area contributed by atoms with E-state index in [2.05, 4.69) is 10.6 Å². The van der Waals surface area contributed by atoms with E-state index in [-0.39, 0.29) is 23.4 Å². The molecule has 2 amide bonds. The van der Waals surface area contributed by atoms with Crippen molar-refractivity contribution in [1.29, 1.82) is 0 Å². The van der Waals surface area contributed by atoms with E-state index in [1.807, 2.05) is 12.1 Å². The van der Waals surface area contributed by atoms with Gasteiger partial charge >= 0.3 is 0 Å². The Hall–Kier alpha value is -3.39. The Balaban J connectivity index is 1.37. The monoisotopic (exact) mass is 449 g/mol. The fourth-order valence-electron chi connectivity index (χ4n) is 4.57. The van der Waals surface area contributed by atoms with Crippen molar-refractivity contribution in [2.24, 2.45) is 0 Å². The van der Waals surface area contributed by atoms with E-state index in [4.69, 9.17) is 0 Å². The van der Waals surface area contributed by atoms with Gasteiger partial charge in [0.05, 0.1) is 21.8 Å². The number of hydrogen-bond acceptors (Lipinski definition) is 4. The van der Waals surface area contributed by atoms with Crippen molar-refractivity contribution in [2.75, 3.05) is 16.2 Å². The van der Waals surface area contributed by atoms with Crippen LogP contribution in [0.15, 0.2) is 65.6 Å². The Morgan fingerprint density at radius 2 is 1.66 bits per heavy atom. The second-order valence-corrected chi connectivity index (χ2v) is 10.0. The van der Waals surface area contributed by atoms with Gasteiger partial charge in [-0.1, -0.05) is 49.2 Å². The fraction of sp³-hybridized carbons (Fsp3) is 0.250. The molecule has 164 valence electrons. The molecule has 0 aromatic heterocycles. The Labute approximate surface area is 186 Å². The van der Waals surface area contributed by atoms with Gasteiger partial charge in [-0.05, 0) is 42.5 Å². The van der Waals surface area contributed by atoms with Crippen LogP contribution in [0.2, 0.25) is 0 Å². The molecule has 1 heterocycles. The first kappa shape index (κ1) is 20.5. The number of carbonyl (C=O) groups excluding carboxylic acids is 2. The molecule has 32 heavy (non-hydrogen) atoms. The van der Waals surface area contributed by atoms with E-state index >= 15 is 0 Å². The summed E-state index contributed by atoms with van der Waals surface area (Å²) in [4.78, 5) is 25.9. The number of carbonyl (C=O) groups is 2. The zero-order chi connectivity index (χ0) is 22.3. The van der Waals surface area contributed by atoms with Crippen LogP contribution >= 0.6 is 0 Å². The molecule has 0 unspecified atom stereocenters. The summed E-state index contributed by atoms with van der Waals surface area (Å²) < 4.78 is 27.3. The molecule has 2 aliphatic rings. The smallest absolute Gasteiger partial charge is 0.265 e. The molecule has 2 N–H and O–H groups in total. The van der Waals surface area contributed by atoms with Gasteiger partial charge in [0.25, 0.3) is 15.9 Å². The van der Waals surface area contributed by atoms with Gasteiger partial charge in [0.15, 0.2) is 0 Å². The van der Waals surface area contributed by atoms with Crippen LogP contribution in [-0.2, 0) is 14.8 Å². The number of amides is 2. The molecule has 0 spiro atoms. The first-order valence-corrected chi connectivity index (χ1v) is 12.1. The third-order valence-electron chi connectivity index (χ3n) is 6.10. The molecule has 3 aromatic rings. The largest absolute Gasteiger partial charge is 0.349 e. The summed E-state index contributed by atoms with van der Waals surface area (Å²) in [5.41, 5.74) is 1.21. The molecule has 0 atom stereocenters. The molecule has 7 nitrogen and oxygen atoms in total. The van der Waals surface area contributed by atoms with Crippen molar-refractivity contribution in [2.45, 2.75) is 36.6 Å². The molecule has 0 saturated heterocycles. The van der Waals surface area contributed by atoms with E-state index in [0.29, 0.717) is 22.3 Å². The van der Waals surface area contributed by atoms with Gasteiger partial charge in [0.2, 0.25) is 5.91 Å². The summed E-state index contributed by atoms with van der Waals surface area (Å²) in [6, 6.07) is 17.3. The number of hydrogen-bond donors (Lipinski definition) is 2. The Morgan fingerprint density at radius 3 is 2.44 bits per heavy atom.